The number of rotatable bonds is 12. The average Bonchev–Trinajstić information content (AvgIpc) is 2.65. The first-order chi connectivity index (χ1) is 13.0. The molecule has 152 valence electrons. The number of ether oxygens (including phenoxy) is 1. The summed E-state index contributed by atoms with van der Waals surface area (Å²) in [6.07, 6.45) is 3.84. The number of hydrogen-bond donors (Lipinski definition) is 2. The Kier molecular flexibility index (Phi) is 11.2. The quantitative estimate of drug-likeness (QED) is 0.421. The molecule has 0 spiro atoms. The molecule has 0 aliphatic heterocycles. The number of anilines is 1. The SMILES string of the molecule is CCCCOC(=O)c1ccc(NC(=O)NC(C)CCCN(CC)CC)cc1. The number of benzene rings is 1. The summed E-state index contributed by atoms with van der Waals surface area (Å²) >= 11 is 0. The van der Waals surface area contributed by atoms with E-state index in [1.807, 2.05) is 13.8 Å². The Hall–Kier alpha value is -2.08. The Morgan fingerprint density at radius 3 is 2.33 bits per heavy atom. The Bertz CT molecular complexity index is 556. The predicted molar refractivity (Wildman–Crippen MR) is 110 cm³/mol. The number of amides is 2. The van der Waals surface area contributed by atoms with Crippen molar-refractivity contribution in [3.8, 4) is 0 Å². The fraction of sp³-hybridized carbons (Fsp3) is 0.619. The molecule has 1 unspecified atom stereocenters. The van der Waals surface area contributed by atoms with Crippen LogP contribution in [-0.2, 0) is 4.74 Å². The van der Waals surface area contributed by atoms with E-state index in [4.69, 9.17) is 4.74 Å². The van der Waals surface area contributed by atoms with Crippen LogP contribution in [0.25, 0.3) is 0 Å². The van der Waals surface area contributed by atoms with Gasteiger partial charge < -0.3 is 20.3 Å². The molecule has 0 aliphatic carbocycles. The third kappa shape index (κ3) is 9.43. The summed E-state index contributed by atoms with van der Waals surface area (Å²) in [6, 6.07) is 6.62. The Morgan fingerprint density at radius 2 is 1.74 bits per heavy atom. The molecule has 1 atom stereocenters. The summed E-state index contributed by atoms with van der Waals surface area (Å²) in [5.74, 6) is -0.332. The Labute approximate surface area is 163 Å². The molecule has 0 aliphatic rings. The fourth-order valence-corrected chi connectivity index (χ4v) is 2.71. The van der Waals surface area contributed by atoms with Gasteiger partial charge in [-0.05, 0) is 70.1 Å². The summed E-state index contributed by atoms with van der Waals surface area (Å²) in [6.45, 7) is 12.0. The molecule has 0 aromatic heterocycles. The summed E-state index contributed by atoms with van der Waals surface area (Å²) in [5, 5.41) is 5.75. The number of carbonyl (C=O) groups is 2. The molecule has 1 aromatic rings. The fourth-order valence-electron chi connectivity index (χ4n) is 2.71. The zero-order valence-electron chi connectivity index (χ0n) is 17.2. The highest BCUT2D eigenvalue weighted by Gasteiger charge is 2.10. The van der Waals surface area contributed by atoms with Crippen molar-refractivity contribution in [2.24, 2.45) is 0 Å². The van der Waals surface area contributed by atoms with E-state index < -0.39 is 0 Å². The molecule has 0 saturated heterocycles. The molecule has 0 radical (unpaired) electrons. The van der Waals surface area contributed by atoms with Crippen LogP contribution in [0.4, 0.5) is 10.5 Å². The summed E-state index contributed by atoms with van der Waals surface area (Å²) in [5.41, 5.74) is 1.13. The molecule has 6 heteroatoms. The molecule has 0 bridgehead atoms. The highest BCUT2D eigenvalue weighted by atomic mass is 16.5. The van der Waals surface area contributed by atoms with Gasteiger partial charge in [0.1, 0.15) is 0 Å². The van der Waals surface area contributed by atoms with Crippen LogP contribution in [0.1, 0.15) is 63.7 Å². The van der Waals surface area contributed by atoms with Gasteiger partial charge in [0, 0.05) is 11.7 Å². The second-order valence-corrected chi connectivity index (χ2v) is 6.74. The van der Waals surface area contributed by atoms with E-state index in [9.17, 15) is 9.59 Å². The minimum absolute atomic E-state index is 0.105. The summed E-state index contributed by atoms with van der Waals surface area (Å²) < 4.78 is 5.17. The first kappa shape index (κ1) is 23.0. The third-order valence-corrected chi connectivity index (χ3v) is 4.49. The molecule has 1 rings (SSSR count). The van der Waals surface area contributed by atoms with Crippen LogP contribution < -0.4 is 10.6 Å². The number of carbonyl (C=O) groups excluding carboxylic acids is 2. The zero-order valence-corrected chi connectivity index (χ0v) is 17.2. The number of nitrogens with zero attached hydrogens (tertiary/aromatic N) is 1. The second kappa shape index (κ2) is 13.1. The monoisotopic (exact) mass is 377 g/mol. The van der Waals surface area contributed by atoms with E-state index in [0.29, 0.717) is 17.9 Å². The molecule has 0 saturated carbocycles. The Morgan fingerprint density at radius 1 is 1.07 bits per heavy atom. The van der Waals surface area contributed by atoms with Crippen molar-refractivity contribution < 1.29 is 14.3 Å². The number of nitrogens with one attached hydrogen (secondary N) is 2. The van der Waals surface area contributed by atoms with E-state index in [-0.39, 0.29) is 18.0 Å². The first-order valence-corrected chi connectivity index (χ1v) is 10.1. The van der Waals surface area contributed by atoms with Gasteiger partial charge in [-0.2, -0.15) is 0 Å². The molecular formula is C21H35N3O3. The minimum atomic E-state index is -0.332. The van der Waals surface area contributed by atoms with Gasteiger partial charge in [0.25, 0.3) is 0 Å². The number of esters is 1. The lowest BCUT2D eigenvalue weighted by Crippen LogP contribution is -2.36. The van der Waals surface area contributed by atoms with Crippen molar-refractivity contribution in [3.63, 3.8) is 0 Å². The minimum Gasteiger partial charge on any atom is -0.462 e. The van der Waals surface area contributed by atoms with Gasteiger partial charge in [-0.25, -0.2) is 9.59 Å². The van der Waals surface area contributed by atoms with E-state index in [0.717, 1.165) is 45.3 Å². The summed E-state index contributed by atoms with van der Waals surface area (Å²) in [4.78, 5) is 26.3. The van der Waals surface area contributed by atoms with Crippen molar-refractivity contribution in [2.75, 3.05) is 31.6 Å². The van der Waals surface area contributed by atoms with Crippen molar-refractivity contribution in [2.45, 2.75) is 59.4 Å². The van der Waals surface area contributed by atoms with E-state index in [1.165, 1.54) is 0 Å². The van der Waals surface area contributed by atoms with E-state index in [1.54, 1.807) is 24.3 Å². The molecule has 27 heavy (non-hydrogen) atoms. The lowest BCUT2D eigenvalue weighted by Gasteiger charge is -2.20. The van der Waals surface area contributed by atoms with Gasteiger partial charge in [-0.1, -0.05) is 27.2 Å². The van der Waals surface area contributed by atoms with E-state index >= 15 is 0 Å². The third-order valence-electron chi connectivity index (χ3n) is 4.49. The lowest BCUT2D eigenvalue weighted by molar-refractivity contribution is 0.0500. The maximum absolute atomic E-state index is 12.1. The molecule has 2 amide bonds. The van der Waals surface area contributed by atoms with Crippen LogP contribution in [0.15, 0.2) is 24.3 Å². The molecule has 2 N–H and O–H groups in total. The molecule has 1 aromatic carbocycles. The number of unbranched alkanes of at least 4 members (excludes halogenated alkanes) is 1. The van der Waals surface area contributed by atoms with Gasteiger partial charge in [0.2, 0.25) is 0 Å². The standard InChI is InChI=1S/C21H35N3O3/c1-5-8-16-27-20(25)18-11-13-19(14-12-18)23-21(26)22-17(4)10-9-15-24(6-2)7-3/h11-14,17H,5-10,15-16H2,1-4H3,(H2,22,23,26). The molecule has 0 fully saturated rings. The zero-order chi connectivity index (χ0) is 20.1. The van der Waals surface area contributed by atoms with Crippen molar-refractivity contribution in [1.29, 1.82) is 0 Å². The van der Waals surface area contributed by atoms with Gasteiger partial charge in [0.15, 0.2) is 0 Å². The van der Waals surface area contributed by atoms with Crippen molar-refractivity contribution >= 4 is 17.7 Å². The van der Waals surface area contributed by atoms with Crippen LogP contribution in [-0.4, -0.2) is 49.2 Å². The van der Waals surface area contributed by atoms with E-state index in [2.05, 4.69) is 29.4 Å². The maximum atomic E-state index is 12.1. The van der Waals surface area contributed by atoms with Crippen LogP contribution in [0.2, 0.25) is 0 Å². The normalized spacial score (nSPS) is 11.9. The lowest BCUT2D eigenvalue weighted by atomic mass is 10.2. The van der Waals surface area contributed by atoms with Gasteiger partial charge >= 0.3 is 12.0 Å². The Balaban J connectivity index is 2.36. The molecule has 6 nitrogen and oxygen atoms in total. The smallest absolute Gasteiger partial charge is 0.338 e. The highest BCUT2D eigenvalue weighted by Crippen LogP contribution is 2.11. The van der Waals surface area contributed by atoms with Crippen LogP contribution in [0.3, 0.4) is 0 Å². The second-order valence-electron chi connectivity index (χ2n) is 6.74. The summed E-state index contributed by atoms with van der Waals surface area (Å²) in [7, 11) is 0. The maximum Gasteiger partial charge on any atom is 0.338 e. The van der Waals surface area contributed by atoms with Crippen molar-refractivity contribution in [3.05, 3.63) is 29.8 Å². The number of urea groups is 1. The van der Waals surface area contributed by atoms with Gasteiger partial charge in [-0.15, -0.1) is 0 Å². The average molecular weight is 378 g/mol. The largest absolute Gasteiger partial charge is 0.462 e. The highest BCUT2D eigenvalue weighted by molar-refractivity contribution is 5.92. The molecule has 0 heterocycles. The molecular weight excluding hydrogens is 342 g/mol. The van der Waals surface area contributed by atoms with Crippen LogP contribution in [0, 0.1) is 0 Å². The number of hydrogen-bond acceptors (Lipinski definition) is 4. The van der Waals surface area contributed by atoms with Gasteiger partial charge in [-0.3, -0.25) is 0 Å². The van der Waals surface area contributed by atoms with Crippen LogP contribution >= 0.6 is 0 Å². The van der Waals surface area contributed by atoms with Crippen molar-refractivity contribution in [1.82, 2.24) is 10.2 Å². The van der Waals surface area contributed by atoms with Crippen LogP contribution in [0.5, 0.6) is 0 Å². The first-order valence-electron chi connectivity index (χ1n) is 10.1. The topological polar surface area (TPSA) is 70.7 Å². The predicted octanol–water partition coefficient (Wildman–Crippen LogP) is 4.28. The van der Waals surface area contributed by atoms with Gasteiger partial charge in [0.05, 0.1) is 12.2 Å².